The van der Waals surface area contributed by atoms with Crippen molar-refractivity contribution in [2.45, 2.75) is 0 Å². The molecule has 1 aliphatic heterocycles. The molecule has 0 unspecified atom stereocenters. The first-order valence-electron chi connectivity index (χ1n) is 4.57. The van der Waals surface area contributed by atoms with Crippen LogP contribution in [0.3, 0.4) is 0 Å². The number of carbonyl (C=O) groups excluding carboxylic acids is 1. The normalized spacial score (nSPS) is 13.7. The lowest BCUT2D eigenvalue weighted by Gasteiger charge is -2.17. The van der Waals surface area contributed by atoms with Crippen molar-refractivity contribution in [2.75, 3.05) is 0 Å². The quantitative estimate of drug-likeness (QED) is 0.605. The molecule has 0 saturated heterocycles. The van der Waals surface area contributed by atoms with Crippen LogP contribution in [-0.4, -0.2) is 13.7 Å². The van der Waals surface area contributed by atoms with Crippen LogP contribution >= 0.6 is 0 Å². The molecule has 2 aromatic carbocycles. The van der Waals surface area contributed by atoms with Crippen molar-refractivity contribution in [3.8, 4) is 5.75 Å². The van der Waals surface area contributed by atoms with Crippen LogP contribution in [0.2, 0.25) is 0 Å². The molecule has 0 aromatic heterocycles. The summed E-state index contributed by atoms with van der Waals surface area (Å²) in [6.45, 7) is 0. The Hall–Kier alpha value is -1.97. The molecule has 1 aliphatic rings. The van der Waals surface area contributed by atoms with Crippen LogP contribution in [0.15, 0.2) is 36.4 Å². The van der Waals surface area contributed by atoms with Gasteiger partial charge in [0.25, 0.3) is 0 Å². The first-order chi connectivity index (χ1) is 7.36. The maximum absolute atomic E-state index is 11.6. The van der Waals surface area contributed by atoms with Crippen molar-refractivity contribution in [3.05, 3.63) is 42.0 Å². The van der Waals surface area contributed by atoms with E-state index < -0.39 is 0 Å². The number of benzene rings is 2. The fourth-order valence-corrected chi connectivity index (χ4v) is 1.74. The Kier molecular flexibility index (Phi) is 1.68. The van der Waals surface area contributed by atoms with E-state index in [2.05, 4.69) is 0 Å². The predicted molar refractivity (Wildman–Crippen MR) is 55.7 cm³/mol. The molecule has 0 amide bonds. The van der Waals surface area contributed by atoms with Gasteiger partial charge in [0.15, 0.2) is 0 Å². The molecule has 1 heterocycles. The maximum Gasteiger partial charge on any atom is 0.660 e. The minimum atomic E-state index is -0.368. The molecule has 0 saturated carbocycles. The summed E-state index contributed by atoms with van der Waals surface area (Å²) in [5.74, 6) is 0.179. The van der Waals surface area contributed by atoms with Gasteiger partial charge >= 0.3 is 13.7 Å². The average Bonchev–Trinajstić information content (AvgIpc) is 2.29. The zero-order valence-electron chi connectivity index (χ0n) is 7.77. The van der Waals surface area contributed by atoms with Crippen molar-refractivity contribution in [3.63, 3.8) is 0 Å². The molecule has 0 atom stereocenters. The molecule has 0 fully saturated rings. The lowest BCUT2D eigenvalue weighted by molar-refractivity contribution is 0.0701. The van der Waals surface area contributed by atoms with E-state index in [0.29, 0.717) is 11.3 Å². The van der Waals surface area contributed by atoms with Crippen LogP contribution in [0.1, 0.15) is 10.4 Å². The van der Waals surface area contributed by atoms with E-state index in [9.17, 15) is 4.79 Å². The van der Waals surface area contributed by atoms with Gasteiger partial charge < -0.3 is 9.31 Å². The van der Waals surface area contributed by atoms with E-state index in [1.807, 2.05) is 30.3 Å². The van der Waals surface area contributed by atoms with Gasteiger partial charge in [-0.25, -0.2) is 4.79 Å². The molecule has 1 radical (unpaired) electrons. The van der Waals surface area contributed by atoms with Gasteiger partial charge in [-0.1, -0.05) is 30.3 Å². The molecule has 0 aliphatic carbocycles. The Morgan fingerprint density at radius 2 is 1.87 bits per heavy atom. The number of fused-ring (bicyclic) bond motifs is 3. The standard InChI is InChI=1S/C11H6BO3/c13-11-10-8-4-2-1-3-7(8)5-6-9(10)14-12-15-11/h1-6H. The fourth-order valence-electron chi connectivity index (χ4n) is 1.74. The van der Waals surface area contributed by atoms with Crippen LogP contribution in [-0.2, 0) is 4.65 Å². The van der Waals surface area contributed by atoms with Crippen LogP contribution in [0.4, 0.5) is 0 Å². The second kappa shape index (κ2) is 3.02. The Labute approximate surface area is 86.9 Å². The summed E-state index contributed by atoms with van der Waals surface area (Å²) < 4.78 is 9.86. The minimum absolute atomic E-state index is 0.368. The fraction of sp³-hybridized carbons (Fsp3) is 0. The first kappa shape index (κ1) is 8.35. The van der Waals surface area contributed by atoms with E-state index in [1.54, 1.807) is 6.07 Å². The Morgan fingerprint density at radius 3 is 2.80 bits per heavy atom. The third kappa shape index (κ3) is 1.18. The molecule has 4 heteroatoms. The van der Waals surface area contributed by atoms with E-state index in [4.69, 9.17) is 9.31 Å². The van der Waals surface area contributed by atoms with E-state index >= 15 is 0 Å². The smallest absolute Gasteiger partial charge is 0.526 e. The number of hydrogen-bond acceptors (Lipinski definition) is 3. The highest BCUT2D eigenvalue weighted by Crippen LogP contribution is 2.30. The summed E-state index contributed by atoms with van der Waals surface area (Å²) in [5.41, 5.74) is 0.496. The van der Waals surface area contributed by atoms with Crippen LogP contribution in [0.5, 0.6) is 5.75 Å². The van der Waals surface area contributed by atoms with Crippen LogP contribution < -0.4 is 4.65 Å². The summed E-state index contributed by atoms with van der Waals surface area (Å²) in [6, 6.07) is 11.3. The highest BCUT2D eigenvalue weighted by Gasteiger charge is 2.24. The van der Waals surface area contributed by atoms with E-state index in [-0.39, 0.29) is 5.97 Å². The molecule has 71 valence electrons. The molecule has 2 aromatic rings. The van der Waals surface area contributed by atoms with Gasteiger partial charge in [-0.05, 0) is 16.8 Å². The number of rotatable bonds is 0. The Balaban J connectivity index is 2.40. The zero-order valence-corrected chi connectivity index (χ0v) is 7.77. The highest BCUT2D eigenvalue weighted by atomic mass is 16.6. The third-order valence-corrected chi connectivity index (χ3v) is 2.43. The monoisotopic (exact) mass is 197 g/mol. The summed E-state index contributed by atoms with van der Waals surface area (Å²) in [4.78, 5) is 11.6. The molecule has 0 spiro atoms. The lowest BCUT2D eigenvalue weighted by atomic mass is 10.0. The van der Waals surface area contributed by atoms with Gasteiger partial charge in [0, 0.05) is 0 Å². The molecule has 0 bridgehead atoms. The summed E-state index contributed by atoms with van der Waals surface area (Å²) in [7, 11) is 1.06. The van der Waals surface area contributed by atoms with Crippen LogP contribution in [0.25, 0.3) is 10.8 Å². The van der Waals surface area contributed by atoms with Crippen molar-refractivity contribution >= 4 is 24.4 Å². The van der Waals surface area contributed by atoms with Gasteiger partial charge in [0.2, 0.25) is 0 Å². The molecule has 3 nitrogen and oxygen atoms in total. The first-order valence-corrected chi connectivity index (χ1v) is 4.57. The molecule has 0 N–H and O–H groups in total. The largest absolute Gasteiger partial charge is 0.660 e. The summed E-state index contributed by atoms with van der Waals surface area (Å²) in [6.07, 6.45) is 0. The maximum atomic E-state index is 11.6. The number of hydrogen-bond donors (Lipinski definition) is 0. The molecule has 3 rings (SSSR count). The van der Waals surface area contributed by atoms with Crippen molar-refractivity contribution in [2.24, 2.45) is 0 Å². The van der Waals surface area contributed by atoms with Crippen LogP contribution in [0, 0.1) is 0 Å². The number of carbonyl (C=O) groups is 1. The molecular weight excluding hydrogens is 191 g/mol. The lowest BCUT2D eigenvalue weighted by Crippen LogP contribution is -2.21. The summed E-state index contributed by atoms with van der Waals surface area (Å²) in [5, 5.41) is 1.85. The van der Waals surface area contributed by atoms with Gasteiger partial charge in [-0.3, -0.25) is 0 Å². The van der Waals surface area contributed by atoms with Gasteiger partial charge in [0.1, 0.15) is 11.3 Å². The van der Waals surface area contributed by atoms with E-state index in [0.717, 1.165) is 18.5 Å². The second-order valence-electron chi connectivity index (χ2n) is 3.28. The Morgan fingerprint density at radius 1 is 1.00 bits per heavy atom. The van der Waals surface area contributed by atoms with Gasteiger partial charge in [-0.2, -0.15) is 0 Å². The SMILES string of the molecule is O=C1O[B]Oc2ccc3ccccc3c21. The second-order valence-corrected chi connectivity index (χ2v) is 3.28. The topological polar surface area (TPSA) is 35.5 Å². The third-order valence-electron chi connectivity index (χ3n) is 2.43. The zero-order chi connectivity index (χ0) is 10.3. The molecule has 15 heavy (non-hydrogen) atoms. The highest BCUT2D eigenvalue weighted by molar-refractivity contribution is 6.29. The van der Waals surface area contributed by atoms with Gasteiger partial charge in [-0.15, -0.1) is 0 Å². The molecular formula is C11H6BO3. The Bertz CT molecular complexity index is 551. The van der Waals surface area contributed by atoms with E-state index in [1.165, 1.54) is 0 Å². The average molecular weight is 197 g/mol. The van der Waals surface area contributed by atoms with Crippen molar-refractivity contribution in [1.82, 2.24) is 0 Å². The van der Waals surface area contributed by atoms with Crippen molar-refractivity contribution in [1.29, 1.82) is 0 Å². The summed E-state index contributed by atoms with van der Waals surface area (Å²) >= 11 is 0. The van der Waals surface area contributed by atoms with Gasteiger partial charge in [0.05, 0.1) is 0 Å². The van der Waals surface area contributed by atoms with Crippen molar-refractivity contribution < 1.29 is 14.1 Å². The predicted octanol–water partition coefficient (Wildman–Crippen LogP) is 1.92. The minimum Gasteiger partial charge on any atom is -0.526 e.